The summed E-state index contributed by atoms with van der Waals surface area (Å²) < 4.78 is 8.57. The zero-order valence-corrected chi connectivity index (χ0v) is 25.3. The summed E-state index contributed by atoms with van der Waals surface area (Å²) in [6.07, 6.45) is 1.87. The third-order valence-electron chi connectivity index (χ3n) is 8.56. The lowest BCUT2D eigenvalue weighted by atomic mass is 9.86. The van der Waals surface area contributed by atoms with Crippen LogP contribution in [-0.2, 0) is 5.41 Å². The van der Waals surface area contributed by atoms with Crippen LogP contribution in [0.5, 0.6) is 17.4 Å². The fourth-order valence-electron chi connectivity index (χ4n) is 6.24. The molecule has 0 aliphatic carbocycles. The second-order valence-corrected chi connectivity index (χ2v) is 12.5. The van der Waals surface area contributed by atoms with Crippen molar-refractivity contribution in [2.75, 3.05) is 0 Å². The summed E-state index contributed by atoms with van der Waals surface area (Å²) in [7, 11) is 0. The van der Waals surface area contributed by atoms with E-state index >= 15 is 0 Å². The molecule has 218 valence electrons. The second kappa shape index (κ2) is 10.2. The van der Waals surface area contributed by atoms with Crippen LogP contribution < -0.4 is 4.74 Å². The minimum absolute atomic E-state index is 0.00970. The zero-order chi connectivity index (χ0) is 30.7. The molecule has 0 fully saturated rings. The number of hydrogen-bond donors (Lipinski definition) is 1. The lowest BCUT2D eigenvalue weighted by Gasteiger charge is -2.19. The number of fused-ring (bicyclic) bond motifs is 6. The molecule has 0 atom stereocenters. The average molecular weight is 586 g/mol. The van der Waals surface area contributed by atoms with Gasteiger partial charge in [-0.3, -0.25) is 4.57 Å². The zero-order valence-electron chi connectivity index (χ0n) is 25.3. The third-order valence-corrected chi connectivity index (χ3v) is 8.56. The standard InChI is InChI=1S/C40H31N3O2/c1-40(2,3)28-13-17-34-33(23-28)31-15-14-29(24-35(31)43(34)37-22-26(19-20-41-37)25-9-5-4-6-10-25)45-38-18-16-32-30-12-8-7-11-27(30)21-36(44)39(32)42-38/h4-24,44H,1-3H3. The largest absolute Gasteiger partial charge is 0.506 e. The number of hydrogen-bond acceptors (Lipinski definition) is 4. The van der Waals surface area contributed by atoms with Crippen LogP contribution in [0.15, 0.2) is 128 Å². The molecule has 0 spiro atoms. The Bertz CT molecular complexity index is 2400. The predicted molar refractivity (Wildman–Crippen MR) is 184 cm³/mol. The first-order chi connectivity index (χ1) is 21.8. The first-order valence-corrected chi connectivity index (χ1v) is 15.1. The summed E-state index contributed by atoms with van der Waals surface area (Å²) in [4.78, 5) is 9.56. The van der Waals surface area contributed by atoms with Crippen molar-refractivity contribution < 1.29 is 9.84 Å². The summed E-state index contributed by atoms with van der Waals surface area (Å²) in [6, 6.07) is 41.0. The van der Waals surface area contributed by atoms with E-state index in [1.807, 2.05) is 60.8 Å². The van der Waals surface area contributed by atoms with Gasteiger partial charge in [0.1, 0.15) is 22.8 Å². The highest BCUT2D eigenvalue weighted by Crippen LogP contribution is 2.38. The summed E-state index contributed by atoms with van der Waals surface area (Å²) in [5.41, 5.74) is 6.09. The predicted octanol–water partition coefficient (Wildman–Crippen LogP) is 10.3. The third kappa shape index (κ3) is 4.64. The maximum Gasteiger partial charge on any atom is 0.219 e. The van der Waals surface area contributed by atoms with Crippen LogP contribution in [0.4, 0.5) is 0 Å². The Labute approximate surface area is 261 Å². The van der Waals surface area contributed by atoms with Crippen molar-refractivity contribution in [1.29, 1.82) is 0 Å². The van der Waals surface area contributed by atoms with Crippen molar-refractivity contribution in [3.8, 4) is 34.3 Å². The molecule has 8 aromatic rings. The molecule has 0 saturated carbocycles. The maximum absolute atomic E-state index is 10.8. The van der Waals surface area contributed by atoms with Gasteiger partial charge in [-0.25, -0.2) is 9.97 Å². The van der Waals surface area contributed by atoms with Crippen molar-refractivity contribution in [1.82, 2.24) is 14.5 Å². The molecular formula is C40H31N3O2. The van der Waals surface area contributed by atoms with E-state index in [2.05, 4.69) is 86.0 Å². The number of phenolic OH excluding ortho intramolecular Hbond substituents is 1. The van der Waals surface area contributed by atoms with Gasteiger partial charge in [0.25, 0.3) is 0 Å². The fraction of sp³-hybridized carbons (Fsp3) is 0.100. The van der Waals surface area contributed by atoms with Crippen LogP contribution in [0.1, 0.15) is 26.3 Å². The van der Waals surface area contributed by atoms with Crippen LogP contribution in [0, 0.1) is 0 Å². The van der Waals surface area contributed by atoms with Crippen LogP contribution in [0.25, 0.3) is 60.4 Å². The molecule has 0 aliphatic rings. The summed E-state index contributed by atoms with van der Waals surface area (Å²) in [5, 5.41) is 16.0. The smallest absolute Gasteiger partial charge is 0.219 e. The van der Waals surface area contributed by atoms with Gasteiger partial charge in [0.2, 0.25) is 5.88 Å². The van der Waals surface area contributed by atoms with Crippen LogP contribution in [0.3, 0.4) is 0 Å². The quantitative estimate of drug-likeness (QED) is 0.209. The summed E-state index contributed by atoms with van der Waals surface area (Å²) >= 11 is 0. The molecule has 5 heteroatoms. The molecule has 0 bridgehead atoms. The molecule has 45 heavy (non-hydrogen) atoms. The molecule has 0 aliphatic heterocycles. The van der Waals surface area contributed by atoms with E-state index in [9.17, 15) is 5.11 Å². The maximum atomic E-state index is 10.8. The van der Waals surface area contributed by atoms with Crippen molar-refractivity contribution in [3.05, 3.63) is 133 Å². The van der Waals surface area contributed by atoms with Crippen molar-refractivity contribution in [2.45, 2.75) is 26.2 Å². The Morgan fingerprint density at radius 2 is 1.44 bits per heavy atom. The molecule has 5 aromatic carbocycles. The van der Waals surface area contributed by atoms with Gasteiger partial charge in [0, 0.05) is 34.5 Å². The van der Waals surface area contributed by atoms with Crippen LogP contribution in [0.2, 0.25) is 0 Å². The van der Waals surface area contributed by atoms with E-state index in [-0.39, 0.29) is 11.2 Å². The Morgan fingerprint density at radius 3 is 2.29 bits per heavy atom. The molecule has 0 amide bonds. The van der Waals surface area contributed by atoms with Gasteiger partial charge in [-0.2, -0.15) is 0 Å². The molecule has 8 rings (SSSR count). The van der Waals surface area contributed by atoms with E-state index in [1.54, 1.807) is 6.07 Å². The van der Waals surface area contributed by atoms with Gasteiger partial charge < -0.3 is 9.84 Å². The van der Waals surface area contributed by atoms with Crippen LogP contribution in [-0.4, -0.2) is 19.6 Å². The molecule has 0 saturated heterocycles. The molecule has 5 nitrogen and oxygen atoms in total. The number of phenols is 1. The first-order valence-electron chi connectivity index (χ1n) is 15.1. The number of pyridine rings is 2. The number of nitrogens with zero attached hydrogens (tertiary/aromatic N) is 3. The molecule has 0 unspecified atom stereocenters. The van der Waals surface area contributed by atoms with Gasteiger partial charge in [-0.05, 0) is 81.4 Å². The second-order valence-electron chi connectivity index (χ2n) is 12.5. The highest BCUT2D eigenvalue weighted by molar-refractivity contribution is 6.10. The number of benzene rings is 5. The lowest BCUT2D eigenvalue weighted by molar-refractivity contribution is 0.460. The highest BCUT2D eigenvalue weighted by Gasteiger charge is 2.20. The summed E-state index contributed by atoms with van der Waals surface area (Å²) in [6.45, 7) is 6.71. The number of aromatic nitrogens is 3. The summed E-state index contributed by atoms with van der Waals surface area (Å²) in [5.74, 6) is 2.02. The van der Waals surface area contributed by atoms with Crippen molar-refractivity contribution in [2.24, 2.45) is 0 Å². The van der Waals surface area contributed by atoms with Gasteiger partial charge in [0.15, 0.2) is 0 Å². The van der Waals surface area contributed by atoms with Crippen LogP contribution >= 0.6 is 0 Å². The van der Waals surface area contributed by atoms with E-state index in [0.29, 0.717) is 17.1 Å². The van der Waals surface area contributed by atoms with Gasteiger partial charge in [-0.15, -0.1) is 0 Å². The lowest BCUT2D eigenvalue weighted by Crippen LogP contribution is -2.10. The van der Waals surface area contributed by atoms with E-state index in [4.69, 9.17) is 14.7 Å². The normalized spacial score (nSPS) is 12.0. The molecule has 1 N–H and O–H groups in total. The fourth-order valence-corrected chi connectivity index (χ4v) is 6.24. The number of rotatable bonds is 4. The minimum Gasteiger partial charge on any atom is -0.506 e. The van der Waals surface area contributed by atoms with Gasteiger partial charge in [-0.1, -0.05) is 81.4 Å². The monoisotopic (exact) mass is 585 g/mol. The molecule has 3 aromatic heterocycles. The average Bonchev–Trinajstić information content (AvgIpc) is 3.38. The Hall–Kier alpha value is -5.68. The topological polar surface area (TPSA) is 60.2 Å². The Balaban J connectivity index is 1.29. The van der Waals surface area contributed by atoms with Gasteiger partial charge >= 0.3 is 0 Å². The SMILES string of the molecule is CC(C)(C)c1ccc2c(c1)c1ccc(Oc3ccc4c(n3)c(O)cc3ccccc34)cc1n2-c1cc(-c2ccccc2)ccn1. The Morgan fingerprint density at radius 1 is 0.644 bits per heavy atom. The molecule has 0 radical (unpaired) electrons. The number of aromatic hydroxyl groups is 1. The minimum atomic E-state index is 0.00970. The molecule has 3 heterocycles. The van der Waals surface area contributed by atoms with E-state index < -0.39 is 0 Å². The van der Waals surface area contributed by atoms with Gasteiger partial charge in [0.05, 0.1) is 11.0 Å². The highest BCUT2D eigenvalue weighted by atomic mass is 16.5. The Kier molecular flexibility index (Phi) is 6.10. The van der Waals surface area contributed by atoms with Crippen molar-refractivity contribution in [3.63, 3.8) is 0 Å². The number of ether oxygens (including phenoxy) is 1. The van der Waals surface area contributed by atoms with E-state index in [1.165, 1.54) is 5.56 Å². The first kappa shape index (κ1) is 26.9. The van der Waals surface area contributed by atoms with E-state index in [0.717, 1.165) is 54.9 Å². The molecular weight excluding hydrogens is 554 g/mol. The van der Waals surface area contributed by atoms with Crippen molar-refractivity contribution >= 4 is 43.5 Å².